The molecule has 0 spiro atoms. The molecule has 2 atom stereocenters. The maximum Gasteiger partial charge on any atom is 0.137 e. The van der Waals surface area contributed by atoms with Crippen LogP contribution in [0, 0.1) is 0 Å². The van der Waals surface area contributed by atoms with E-state index in [4.69, 9.17) is 0 Å². The van der Waals surface area contributed by atoms with E-state index in [1.807, 2.05) is 0 Å². The largest absolute Gasteiger partial charge is 0.302 e. The highest BCUT2D eigenvalue weighted by atomic mass is 16.1. The van der Waals surface area contributed by atoms with Crippen molar-refractivity contribution in [2.24, 2.45) is 0 Å². The Morgan fingerprint density at radius 3 is 2.82 bits per heavy atom. The van der Waals surface area contributed by atoms with Crippen LogP contribution in [0.3, 0.4) is 0 Å². The quantitative estimate of drug-likeness (QED) is 0.528. The molecule has 2 heterocycles. The van der Waals surface area contributed by atoms with E-state index in [1.165, 1.54) is 25.7 Å². The number of hydrogen-bond acceptors (Lipinski definition) is 2. The Morgan fingerprint density at radius 1 is 1.18 bits per heavy atom. The maximum absolute atomic E-state index is 10.7. The molecule has 0 N–H and O–H groups in total. The molecule has 2 aliphatic rings. The fourth-order valence-electron chi connectivity index (χ4n) is 2.48. The minimum atomic E-state index is 0.260. The SMILES string of the molecule is O=CC1CCCC2CCCN12. The molecule has 11 heavy (non-hydrogen) atoms. The lowest BCUT2D eigenvalue weighted by Crippen LogP contribution is -2.43. The minimum absolute atomic E-state index is 0.260. The lowest BCUT2D eigenvalue weighted by molar-refractivity contribution is -0.113. The fourth-order valence-corrected chi connectivity index (χ4v) is 2.48. The first-order valence-corrected chi connectivity index (χ1v) is 4.63. The van der Waals surface area contributed by atoms with Gasteiger partial charge in [-0.1, -0.05) is 0 Å². The highest BCUT2D eigenvalue weighted by Gasteiger charge is 2.33. The van der Waals surface area contributed by atoms with Crippen LogP contribution in [-0.4, -0.2) is 29.8 Å². The molecule has 2 rings (SSSR count). The summed E-state index contributed by atoms with van der Waals surface area (Å²) in [5.74, 6) is 0. The summed E-state index contributed by atoms with van der Waals surface area (Å²) < 4.78 is 0. The van der Waals surface area contributed by atoms with E-state index < -0.39 is 0 Å². The van der Waals surface area contributed by atoms with Crippen LogP contribution in [0.25, 0.3) is 0 Å². The Hall–Kier alpha value is -0.370. The average molecular weight is 153 g/mol. The molecule has 0 aromatic rings. The smallest absolute Gasteiger partial charge is 0.137 e. The Balaban J connectivity index is 2.06. The molecule has 0 amide bonds. The van der Waals surface area contributed by atoms with E-state index in [9.17, 15) is 4.79 Å². The monoisotopic (exact) mass is 153 g/mol. The molecule has 0 saturated carbocycles. The van der Waals surface area contributed by atoms with Gasteiger partial charge in [0.1, 0.15) is 6.29 Å². The van der Waals surface area contributed by atoms with Crippen molar-refractivity contribution in [2.45, 2.75) is 44.2 Å². The van der Waals surface area contributed by atoms with Gasteiger partial charge in [0.25, 0.3) is 0 Å². The third kappa shape index (κ3) is 1.20. The number of nitrogens with zero attached hydrogens (tertiary/aromatic N) is 1. The van der Waals surface area contributed by atoms with Gasteiger partial charge in [0.15, 0.2) is 0 Å². The summed E-state index contributed by atoms with van der Waals surface area (Å²) in [5.41, 5.74) is 0. The van der Waals surface area contributed by atoms with Gasteiger partial charge in [-0.15, -0.1) is 0 Å². The van der Waals surface area contributed by atoms with Crippen molar-refractivity contribution in [3.8, 4) is 0 Å². The Morgan fingerprint density at radius 2 is 2.00 bits per heavy atom. The third-order valence-electron chi connectivity index (χ3n) is 3.04. The van der Waals surface area contributed by atoms with Gasteiger partial charge in [-0.3, -0.25) is 4.90 Å². The van der Waals surface area contributed by atoms with Gasteiger partial charge in [0, 0.05) is 6.04 Å². The van der Waals surface area contributed by atoms with Gasteiger partial charge in [-0.05, 0) is 38.6 Å². The van der Waals surface area contributed by atoms with Crippen molar-refractivity contribution >= 4 is 6.29 Å². The van der Waals surface area contributed by atoms with Gasteiger partial charge in [0.2, 0.25) is 0 Å². The number of fused-ring (bicyclic) bond motifs is 1. The number of aldehydes is 1. The van der Waals surface area contributed by atoms with Gasteiger partial charge in [-0.2, -0.15) is 0 Å². The van der Waals surface area contributed by atoms with Crippen molar-refractivity contribution in [3.63, 3.8) is 0 Å². The minimum Gasteiger partial charge on any atom is -0.302 e. The van der Waals surface area contributed by atoms with Crippen molar-refractivity contribution < 1.29 is 4.79 Å². The number of carbonyl (C=O) groups is 1. The second-order valence-electron chi connectivity index (χ2n) is 3.67. The topological polar surface area (TPSA) is 20.3 Å². The zero-order valence-electron chi connectivity index (χ0n) is 6.83. The normalized spacial score (nSPS) is 38.5. The molecular weight excluding hydrogens is 138 g/mol. The number of rotatable bonds is 1. The second kappa shape index (κ2) is 2.94. The summed E-state index contributed by atoms with van der Waals surface area (Å²) in [6.45, 7) is 1.16. The van der Waals surface area contributed by atoms with Crippen LogP contribution < -0.4 is 0 Å². The lowest BCUT2D eigenvalue weighted by atomic mass is 9.97. The van der Waals surface area contributed by atoms with E-state index in [-0.39, 0.29) is 6.04 Å². The second-order valence-corrected chi connectivity index (χ2v) is 3.67. The summed E-state index contributed by atoms with van der Waals surface area (Å²) in [5, 5.41) is 0. The third-order valence-corrected chi connectivity index (χ3v) is 3.04. The van der Waals surface area contributed by atoms with Crippen LogP contribution in [0.1, 0.15) is 32.1 Å². The van der Waals surface area contributed by atoms with E-state index in [0.717, 1.165) is 25.3 Å². The van der Waals surface area contributed by atoms with Gasteiger partial charge < -0.3 is 4.79 Å². The molecule has 2 unspecified atom stereocenters. The first kappa shape index (κ1) is 7.29. The maximum atomic E-state index is 10.7. The summed E-state index contributed by atoms with van der Waals surface area (Å²) in [6.07, 6.45) is 7.44. The van der Waals surface area contributed by atoms with E-state index in [0.29, 0.717) is 0 Å². The molecule has 0 aliphatic carbocycles. The molecule has 2 heteroatoms. The molecule has 2 fully saturated rings. The van der Waals surface area contributed by atoms with Crippen molar-refractivity contribution in [2.75, 3.05) is 6.54 Å². The summed E-state index contributed by atoms with van der Waals surface area (Å²) in [6, 6.07) is 1.01. The van der Waals surface area contributed by atoms with Crippen LogP contribution in [-0.2, 0) is 4.79 Å². The fraction of sp³-hybridized carbons (Fsp3) is 0.889. The van der Waals surface area contributed by atoms with Gasteiger partial charge >= 0.3 is 0 Å². The lowest BCUT2D eigenvalue weighted by Gasteiger charge is -2.34. The number of piperidine rings is 1. The Kier molecular flexibility index (Phi) is 1.95. The molecule has 0 aromatic carbocycles. The van der Waals surface area contributed by atoms with Crippen LogP contribution in [0.15, 0.2) is 0 Å². The Labute approximate surface area is 67.6 Å². The zero-order valence-corrected chi connectivity index (χ0v) is 6.83. The molecular formula is C9H15NO. The van der Waals surface area contributed by atoms with Crippen molar-refractivity contribution in [1.82, 2.24) is 4.90 Å². The highest BCUT2D eigenvalue weighted by molar-refractivity contribution is 5.57. The molecule has 0 radical (unpaired) electrons. The molecule has 0 aromatic heterocycles. The van der Waals surface area contributed by atoms with Crippen molar-refractivity contribution in [3.05, 3.63) is 0 Å². The number of hydrogen-bond donors (Lipinski definition) is 0. The molecule has 2 aliphatic heterocycles. The van der Waals surface area contributed by atoms with Crippen LogP contribution in [0.2, 0.25) is 0 Å². The summed E-state index contributed by atoms with van der Waals surface area (Å²) in [7, 11) is 0. The molecule has 2 saturated heterocycles. The van der Waals surface area contributed by atoms with Crippen LogP contribution in [0.5, 0.6) is 0 Å². The van der Waals surface area contributed by atoms with Crippen LogP contribution in [0.4, 0.5) is 0 Å². The average Bonchev–Trinajstić information content (AvgIpc) is 2.50. The van der Waals surface area contributed by atoms with Crippen molar-refractivity contribution in [1.29, 1.82) is 0 Å². The van der Waals surface area contributed by atoms with E-state index >= 15 is 0 Å². The van der Waals surface area contributed by atoms with Gasteiger partial charge in [-0.25, -0.2) is 0 Å². The summed E-state index contributed by atoms with van der Waals surface area (Å²) in [4.78, 5) is 13.1. The molecule has 0 bridgehead atoms. The van der Waals surface area contributed by atoms with E-state index in [2.05, 4.69) is 4.90 Å². The molecule has 62 valence electrons. The zero-order chi connectivity index (χ0) is 7.68. The number of carbonyl (C=O) groups excluding carboxylic acids is 1. The summed E-state index contributed by atoms with van der Waals surface area (Å²) >= 11 is 0. The first-order chi connectivity index (χ1) is 5.42. The highest BCUT2D eigenvalue weighted by Crippen LogP contribution is 2.29. The predicted molar refractivity (Wildman–Crippen MR) is 43.4 cm³/mol. The Bertz CT molecular complexity index is 158. The first-order valence-electron chi connectivity index (χ1n) is 4.63. The van der Waals surface area contributed by atoms with Crippen LogP contribution >= 0.6 is 0 Å². The van der Waals surface area contributed by atoms with Gasteiger partial charge in [0.05, 0.1) is 6.04 Å². The predicted octanol–water partition coefficient (Wildman–Crippen LogP) is 1.20. The molecule has 2 nitrogen and oxygen atoms in total. The standard InChI is InChI=1S/C9H15NO/c11-7-9-4-1-3-8-5-2-6-10(8)9/h7-9H,1-6H2. The van der Waals surface area contributed by atoms with E-state index in [1.54, 1.807) is 0 Å².